The first-order chi connectivity index (χ1) is 13.2. The van der Waals surface area contributed by atoms with E-state index in [0.29, 0.717) is 30.2 Å². The molecule has 0 unspecified atom stereocenters. The van der Waals surface area contributed by atoms with Crippen LogP contribution in [0.1, 0.15) is 57.7 Å². The van der Waals surface area contributed by atoms with E-state index < -0.39 is 5.60 Å². The highest BCUT2D eigenvalue weighted by atomic mass is 16.3. The molecule has 5 heteroatoms. The van der Waals surface area contributed by atoms with Crippen LogP contribution < -0.4 is 4.90 Å². The Morgan fingerprint density at radius 1 is 1.25 bits per heavy atom. The van der Waals surface area contributed by atoms with E-state index in [1.54, 1.807) is 0 Å². The molecule has 1 aromatic rings. The molecule has 0 bridgehead atoms. The van der Waals surface area contributed by atoms with Crippen molar-refractivity contribution in [3.8, 4) is 0 Å². The van der Waals surface area contributed by atoms with E-state index in [2.05, 4.69) is 30.9 Å². The summed E-state index contributed by atoms with van der Waals surface area (Å²) < 4.78 is 0. The molecule has 152 valence electrons. The third-order valence-electron chi connectivity index (χ3n) is 7.56. The van der Waals surface area contributed by atoms with Crippen LogP contribution in [0.3, 0.4) is 0 Å². The number of rotatable bonds is 4. The Bertz CT molecular complexity index is 781. The van der Waals surface area contributed by atoms with Crippen molar-refractivity contribution >= 4 is 11.7 Å². The molecule has 1 N–H and O–H groups in total. The maximum absolute atomic E-state index is 12.5. The molecule has 4 aliphatic rings. The normalized spacial score (nSPS) is 30.8. The molecular weight excluding hydrogens is 350 g/mol. The van der Waals surface area contributed by atoms with Crippen LogP contribution in [0.15, 0.2) is 12.1 Å². The van der Waals surface area contributed by atoms with Gasteiger partial charge in [-0.25, -0.2) is 4.98 Å². The number of carbonyl (C=O) groups excluding carboxylic acids is 1. The molecular formula is C23H33N3O2. The fraction of sp³-hybridized carbons (Fsp3) is 0.739. The lowest BCUT2D eigenvalue weighted by Crippen LogP contribution is -2.66. The molecule has 28 heavy (non-hydrogen) atoms. The number of aliphatic hydroxyl groups is 1. The molecule has 1 saturated heterocycles. The largest absolute Gasteiger partial charge is 0.390 e. The summed E-state index contributed by atoms with van der Waals surface area (Å²) in [5.41, 5.74) is 2.40. The second-order valence-electron chi connectivity index (χ2n) is 10.6. The predicted molar refractivity (Wildman–Crippen MR) is 109 cm³/mol. The summed E-state index contributed by atoms with van der Waals surface area (Å²) in [5.74, 6) is 2.25. The summed E-state index contributed by atoms with van der Waals surface area (Å²) in [6.07, 6.45) is 5.91. The van der Waals surface area contributed by atoms with Gasteiger partial charge < -0.3 is 14.9 Å². The zero-order valence-electron chi connectivity index (χ0n) is 17.4. The van der Waals surface area contributed by atoms with Gasteiger partial charge in [-0.05, 0) is 76.8 Å². The van der Waals surface area contributed by atoms with Crippen molar-refractivity contribution < 1.29 is 9.90 Å². The van der Waals surface area contributed by atoms with Crippen molar-refractivity contribution in [3.63, 3.8) is 0 Å². The Kier molecular flexibility index (Phi) is 4.07. The van der Waals surface area contributed by atoms with E-state index in [0.717, 1.165) is 32.5 Å². The summed E-state index contributed by atoms with van der Waals surface area (Å²) in [5, 5.41) is 9.87. The fourth-order valence-electron chi connectivity index (χ4n) is 6.14. The highest BCUT2D eigenvalue weighted by Gasteiger charge is 2.55. The Morgan fingerprint density at radius 3 is 2.61 bits per heavy atom. The summed E-state index contributed by atoms with van der Waals surface area (Å²) in [4.78, 5) is 22.0. The maximum atomic E-state index is 12.5. The zero-order chi connectivity index (χ0) is 19.7. The first-order valence-corrected chi connectivity index (χ1v) is 11.0. The van der Waals surface area contributed by atoms with Gasteiger partial charge in [0.1, 0.15) is 5.82 Å². The van der Waals surface area contributed by atoms with Gasteiger partial charge >= 0.3 is 0 Å². The van der Waals surface area contributed by atoms with E-state index in [4.69, 9.17) is 4.98 Å². The number of anilines is 1. The van der Waals surface area contributed by atoms with Gasteiger partial charge in [-0.15, -0.1) is 0 Å². The summed E-state index contributed by atoms with van der Waals surface area (Å²) in [7, 11) is 0. The van der Waals surface area contributed by atoms with Crippen LogP contribution in [-0.2, 0) is 17.6 Å². The maximum Gasteiger partial charge on any atom is 0.225 e. The third kappa shape index (κ3) is 3.02. The molecule has 0 aromatic carbocycles. The topological polar surface area (TPSA) is 56.7 Å². The second-order valence-corrected chi connectivity index (χ2v) is 10.6. The van der Waals surface area contributed by atoms with Crippen molar-refractivity contribution in [1.29, 1.82) is 0 Å². The molecule has 2 aliphatic carbocycles. The SMILES string of the molecule is CC(C)N1CCc2ccc(CC3CC4(C3)CN(C(=O)[C@H]3C[C@@](C)(O)C3)C4)nc21. The second kappa shape index (κ2) is 6.19. The Hall–Kier alpha value is -1.62. The van der Waals surface area contributed by atoms with Gasteiger partial charge in [-0.3, -0.25) is 4.79 Å². The van der Waals surface area contributed by atoms with Gasteiger partial charge in [-0.1, -0.05) is 6.07 Å². The number of carbonyl (C=O) groups is 1. The monoisotopic (exact) mass is 383 g/mol. The molecule has 1 aromatic heterocycles. The van der Waals surface area contributed by atoms with Crippen LogP contribution in [0.5, 0.6) is 0 Å². The minimum atomic E-state index is -0.613. The molecule has 0 atom stereocenters. The van der Waals surface area contributed by atoms with Crippen molar-refractivity contribution in [2.75, 3.05) is 24.5 Å². The van der Waals surface area contributed by atoms with Gasteiger partial charge in [0, 0.05) is 42.7 Å². The number of aromatic nitrogens is 1. The van der Waals surface area contributed by atoms with Crippen LogP contribution >= 0.6 is 0 Å². The predicted octanol–water partition coefficient (Wildman–Crippen LogP) is 2.79. The number of pyridine rings is 1. The molecule has 2 saturated carbocycles. The Balaban J connectivity index is 1.12. The fourth-order valence-corrected chi connectivity index (χ4v) is 6.14. The standard InChI is InChI=1S/C23H33N3O2/c1-15(2)26-7-6-17-4-5-19(24-20(17)26)8-16-9-23(10-16)13-25(14-23)21(27)18-11-22(3,28)12-18/h4-5,15-16,18,28H,6-14H2,1-3H3/t18-,22+. The molecule has 3 fully saturated rings. The third-order valence-corrected chi connectivity index (χ3v) is 7.56. The van der Waals surface area contributed by atoms with Gasteiger partial charge in [0.15, 0.2) is 0 Å². The van der Waals surface area contributed by atoms with Crippen LogP contribution in [0.2, 0.25) is 0 Å². The number of amides is 1. The van der Waals surface area contributed by atoms with Gasteiger partial charge in [0.2, 0.25) is 5.91 Å². The lowest BCUT2D eigenvalue weighted by Gasteiger charge is -2.60. The molecule has 3 heterocycles. The van der Waals surface area contributed by atoms with Gasteiger partial charge in [0.05, 0.1) is 5.60 Å². The first-order valence-electron chi connectivity index (χ1n) is 11.0. The van der Waals surface area contributed by atoms with E-state index in [1.165, 1.54) is 29.9 Å². The van der Waals surface area contributed by atoms with Crippen LogP contribution in [0, 0.1) is 17.3 Å². The Morgan fingerprint density at radius 2 is 1.96 bits per heavy atom. The summed E-state index contributed by atoms with van der Waals surface area (Å²) in [6.45, 7) is 9.27. The average Bonchev–Trinajstić information content (AvgIpc) is 2.96. The van der Waals surface area contributed by atoms with Crippen molar-refractivity contribution in [3.05, 3.63) is 23.4 Å². The van der Waals surface area contributed by atoms with Crippen LogP contribution in [0.25, 0.3) is 0 Å². The lowest BCUT2D eigenvalue weighted by molar-refractivity contribution is -0.171. The number of nitrogens with zero attached hydrogens (tertiary/aromatic N) is 3. The van der Waals surface area contributed by atoms with Crippen molar-refractivity contribution in [1.82, 2.24) is 9.88 Å². The van der Waals surface area contributed by atoms with E-state index in [1.807, 2.05) is 11.8 Å². The molecule has 0 radical (unpaired) electrons. The van der Waals surface area contributed by atoms with E-state index >= 15 is 0 Å². The Labute approximate surface area is 168 Å². The minimum absolute atomic E-state index is 0.0581. The molecule has 5 nitrogen and oxygen atoms in total. The van der Waals surface area contributed by atoms with Crippen LogP contribution in [0.4, 0.5) is 5.82 Å². The van der Waals surface area contributed by atoms with Gasteiger partial charge in [-0.2, -0.15) is 0 Å². The first kappa shape index (κ1) is 18.4. The van der Waals surface area contributed by atoms with Gasteiger partial charge in [0.25, 0.3) is 0 Å². The van der Waals surface area contributed by atoms with Crippen molar-refractivity contribution in [2.45, 2.75) is 70.9 Å². The minimum Gasteiger partial charge on any atom is -0.390 e. The molecule has 1 amide bonds. The van der Waals surface area contributed by atoms with Crippen molar-refractivity contribution in [2.24, 2.45) is 17.3 Å². The number of hydrogen-bond donors (Lipinski definition) is 1. The summed E-state index contributed by atoms with van der Waals surface area (Å²) in [6, 6.07) is 5.02. The highest BCUT2D eigenvalue weighted by molar-refractivity contribution is 5.81. The number of fused-ring (bicyclic) bond motifs is 1. The molecule has 2 aliphatic heterocycles. The zero-order valence-corrected chi connectivity index (χ0v) is 17.4. The van der Waals surface area contributed by atoms with Crippen LogP contribution in [-0.4, -0.2) is 52.2 Å². The number of hydrogen-bond acceptors (Lipinski definition) is 4. The summed E-state index contributed by atoms with van der Waals surface area (Å²) >= 11 is 0. The lowest BCUT2D eigenvalue weighted by atomic mass is 9.56. The smallest absolute Gasteiger partial charge is 0.225 e. The highest BCUT2D eigenvalue weighted by Crippen LogP contribution is 2.54. The van der Waals surface area contributed by atoms with E-state index in [9.17, 15) is 9.90 Å². The number of likely N-dealkylation sites (tertiary alicyclic amines) is 1. The molecule has 5 rings (SSSR count). The molecule has 1 spiro atoms. The van der Waals surface area contributed by atoms with E-state index in [-0.39, 0.29) is 11.8 Å². The average molecular weight is 384 g/mol. The quantitative estimate of drug-likeness (QED) is 0.869.